The van der Waals surface area contributed by atoms with Crippen LogP contribution in [0.5, 0.6) is 0 Å². The summed E-state index contributed by atoms with van der Waals surface area (Å²) in [6, 6.07) is 5.49. The van der Waals surface area contributed by atoms with E-state index in [1.807, 2.05) is 0 Å². The molecule has 1 saturated heterocycles. The molecule has 0 saturated carbocycles. The summed E-state index contributed by atoms with van der Waals surface area (Å²) in [5.74, 6) is -0.348. The molecule has 4 nitrogen and oxygen atoms in total. The van der Waals surface area contributed by atoms with Crippen LogP contribution in [0.2, 0.25) is 0 Å². The van der Waals surface area contributed by atoms with Gasteiger partial charge in [-0.3, -0.25) is 4.90 Å². The summed E-state index contributed by atoms with van der Waals surface area (Å²) >= 11 is 0. The minimum atomic E-state index is -2.35. The molecule has 0 unspecified atom stereocenters. The van der Waals surface area contributed by atoms with Crippen LogP contribution in [0.25, 0.3) is 0 Å². The van der Waals surface area contributed by atoms with Gasteiger partial charge in [0.25, 0.3) is 6.43 Å². The van der Waals surface area contributed by atoms with Crippen molar-refractivity contribution in [3.63, 3.8) is 0 Å². The van der Waals surface area contributed by atoms with Crippen molar-refractivity contribution in [3.05, 3.63) is 35.6 Å². The van der Waals surface area contributed by atoms with E-state index in [9.17, 15) is 18.0 Å². The van der Waals surface area contributed by atoms with Crippen molar-refractivity contribution in [2.24, 2.45) is 0 Å². The fraction of sp³-hybridized carbons (Fsp3) is 0.533. The first kappa shape index (κ1) is 16.6. The van der Waals surface area contributed by atoms with Crippen molar-refractivity contribution in [1.29, 1.82) is 0 Å². The molecule has 0 aromatic heterocycles. The largest absolute Gasteiger partial charge is 0.331 e. The Balaban J connectivity index is 1.83. The Hall–Kier alpha value is -1.76. The minimum Gasteiger partial charge on any atom is -0.331 e. The number of halogens is 3. The predicted molar refractivity (Wildman–Crippen MR) is 77.4 cm³/mol. The van der Waals surface area contributed by atoms with Crippen LogP contribution >= 0.6 is 0 Å². The Morgan fingerprint density at radius 2 is 1.95 bits per heavy atom. The quantitative estimate of drug-likeness (QED) is 0.926. The normalized spacial score (nSPS) is 17.6. The number of nitrogens with zero attached hydrogens (tertiary/aromatic N) is 2. The third-order valence-electron chi connectivity index (χ3n) is 3.74. The smallest absolute Gasteiger partial charge is 0.317 e. The Bertz CT molecular complexity index is 505. The van der Waals surface area contributed by atoms with Gasteiger partial charge in [-0.05, 0) is 24.6 Å². The number of hydrogen-bond acceptors (Lipinski definition) is 2. The second kappa shape index (κ2) is 7.49. The van der Waals surface area contributed by atoms with Crippen molar-refractivity contribution in [2.75, 3.05) is 32.7 Å². The highest BCUT2D eigenvalue weighted by molar-refractivity contribution is 5.74. The average Bonchev–Trinajstić information content (AvgIpc) is 2.47. The Labute approximate surface area is 127 Å². The highest BCUT2D eigenvalue weighted by Crippen LogP contribution is 2.14. The lowest BCUT2D eigenvalue weighted by Gasteiger charge is -2.35. The van der Waals surface area contributed by atoms with Crippen LogP contribution in [0.3, 0.4) is 0 Å². The van der Waals surface area contributed by atoms with E-state index in [2.05, 4.69) is 5.32 Å². The number of urea groups is 1. The maximum Gasteiger partial charge on any atom is 0.317 e. The molecule has 2 amide bonds. The highest BCUT2D eigenvalue weighted by atomic mass is 19.3. The molecule has 122 valence electrons. The lowest BCUT2D eigenvalue weighted by Crippen LogP contribution is -2.52. The molecule has 1 atom stereocenters. The fourth-order valence-corrected chi connectivity index (χ4v) is 2.46. The molecular weight excluding hydrogens is 295 g/mol. The summed E-state index contributed by atoms with van der Waals surface area (Å²) < 4.78 is 37.8. The molecule has 2 rings (SSSR count). The number of alkyl halides is 2. The SMILES string of the molecule is C[C@@H](NC(=O)N1CCN(CC(F)F)CC1)c1cccc(F)c1. The van der Waals surface area contributed by atoms with E-state index in [-0.39, 0.29) is 24.4 Å². The molecule has 7 heteroatoms. The molecule has 22 heavy (non-hydrogen) atoms. The number of amides is 2. The minimum absolute atomic E-state index is 0.255. The summed E-state index contributed by atoms with van der Waals surface area (Å²) in [6.45, 7) is 3.22. The van der Waals surface area contributed by atoms with Gasteiger partial charge in [0.2, 0.25) is 0 Å². The summed E-state index contributed by atoms with van der Waals surface area (Å²) in [5, 5.41) is 2.80. The zero-order valence-corrected chi connectivity index (χ0v) is 12.4. The van der Waals surface area contributed by atoms with Gasteiger partial charge in [0, 0.05) is 26.2 Å². The second-order valence-corrected chi connectivity index (χ2v) is 5.40. The lowest BCUT2D eigenvalue weighted by atomic mass is 10.1. The van der Waals surface area contributed by atoms with Gasteiger partial charge < -0.3 is 10.2 Å². The Morgan fingerprint density at radius 3 is 2.55 bits per heavy atom. The number of rotatable bonds is 4. The van der Waals surface area contributed by atoms with Gasteiger partial charge in [-0.1, -0.05) is 12.1 Å². The van der Waals surface area contributed by atoms with E-state index in [1.54, 1.807) is 28.9 Å². The van der Waals surface area contributed by atoms with Gasteiger partial charge in [-0.25, -0.2) is 18.0 Å². The molecule has 1 aliphatic heterocycles. The maximum atomic E-state index is 13.2. The van der Waals surface area contributed by atoms with Crippen LogP contribution in [-0.4, -0.2) is 55.0 Å². The van der Waals surface area contributed by atoms with Gasteiger partial charge in [0.15, 0.2) is 0 Å². The predicted octanol–water partition coefficient (Wildman–Crippen LogP) is 2.48. The monoisotopic (exact) mass is 315 g/mol. The van der Waals surface area contributed by atoms with Crippen LogP contribution in [0, 0.1) is 5.82 Å². The van der Waals surface area contributed by atoms with Crippen LogP contribution in [0.1, 0.15) is 18.5 Å². The van der Waals surface area contributed by atoms with Crippen LogP contribution < -0.4 is 5.32 Å². The van der Waals surface area contributed by atoms with Gasteiger partial charge >= 0.3 is 6.03 Å². The zero-order chi connectivity index (χ0) is 16.1. The van der Waals surface area contributed by atoms with E-state index in [4.69, 9.17) is 0 Å². The Morgan fingerprint density at radius 1 is 1.27 bits per heavy atom. The summed E-state index contributed by atoms with van der Waals surface area (Å²) in [7, 11) is 0. The van der Waals surface area contributed by atoms with E-state index in [1.165, 1.54) is 12.1 Å². The molecule has 1 aromatic carbocycles. The molecule has 1 N–H and O–H groups in total. The zero-order valence-electron chi connectivity index (χ0n) is 12.4. The van der Waals surface area contributed by atoms with Crippen LogP contribution in [0.15, 0.2) is 24.3 Å². The van der Waals surface area contributed by atoms with Crippen molar-refractivity contribution in [3.8, 4) is 0 Å². The number of benzene rings is 1. The van der Waals surface area contributed by atoms with Gasteiger partial charge in [0.05, 0.1) is 12.6 Å². The van der Waals surface area contributed by atoms with Crippen molar-refractivity contribution in [2.45, 2.75) is 19.4 Å². The van der Waals surface area contributed by atoms with Crippen LogP contribution in [-0.2, 0) is 0 Å². The molecule has 0 spiro atoms. The standard InChI is InChI=1S/C15H20F3N3O/c1-11(12-3-2-4-13(16)9-12)19-15(22)21-7-5-20(6-8-21)10-14(17)18/h2-4,9,11,14H,5-8,10H2,1H3,(H,19,22)/t11-/m1/s1. The van der Waals surface area contributed by atoms with E-state index < -0.39 is 6.43 Å². The number of nitrogens with one attached hydrogen (secondary N) is 1. The van der Waals surface area contributed by atoms with Gasteiger partial charge in [0.1, 0.15) is 5.82 Å². The maximum absolute atomic E-state index is 13.2. The fourth-order valence-electron chi connectivity index (χ4n) is 2.46. The summed E-state index contributed by atoms with van der Waals surface area (Å²) in [4.78, 5) is 15.4. The molecule has 0 bridgehead atoms. The number of carbonyl (C=O) groups is 1. The van der Waals surface area contributed by atoms with E-state index in [0.29, 0.717) is 31.7 Å². The van der Waals surface area contributed by atoms with Crippen LogP contribution in [0.4, 0.5) is 18.0 Å². The highest BCUT2D eigenvalue weighted by Gasteiger charge is 2.23. The molecule has 1 aromatic rings. The second-order valence-electron chi connectivity index (χ2n) is 5.40. The third-order valence-corrected chi connectivity index (χ3v) is 3.74. The molecule has 0 radical (unpaired) electrons. The topological polar surface area (TPSA) is 35.6 Å². The first-order chi connectivity index (χ1) is 10.5. The lowest BCUT2D eigenvalue weighted by molar-refractivity contribution is 0.0633. The number of hydrogen-bond donors (Lipinski definition) is 1. The molecule has 1 heterocycles. The van der Waals surface area contributed by atoms with Gasteiger partial charge in [-0.15, -0.1) is 0 Å². The van der Waals surface area contributed by atoms with Crippen molar-refractivity contribution < 1.29 is 18.0 Å². The van der Waals surface area contributed by atoms with Crippen molar-refractivity contribution in [1.82, 2.24) is 15.1 Å². The average molecular weight is 315 g/mol. The molecular formula is C15H20F3N3O. The molecule has 1 aliphatic rings. The van der Waals surface area contributed by atoms with Gasteiger partial charge in [-0.2, -0.15) is 0 Å². The number of piperazine rings is 1. The van der Waals surface area contributed by atoms with E-state index >= 15 is 0 Å². The first-order valence-corrected chi connectivity index (χ1v) is 7.27. The molecule has 0 aliphatic carbocycles. The summed E-state index contributed by atoms with van der Waals surface area (Å²) in [5.41, 5.74) is 0.685. The first-order valence-electron chi connectivity index (χ1n) is 7.27. The summed E-state index contributed by atoms with van der Waals surface area (Å²) in [6.07, 6.45) is -2.35. The Kier molecular flexibility index (Phi) is 5.65. The van der Waals surface area contributed by atoms with Crippen molar-refractivity contribution >= 4 is 6.03 Å². The third kappa shape index (κ3) is 4.62. The molecule has 1 fully saturated rings. The van der Waals surface area contributed by atoms with E-state index in [0.717, 1.165) is 0 Å². The number of carbonyl (C=O) groups excluding carboxylic acids is 1.